The zero-order chi connectivity index (χ0) is 15.0. The van der Waals surface area contributed by atoms with Gasteiger partial charge in [-0.25, -0.2) is 0 Å². The van der Waals surface area contributed by atoms with E-state index in [1.807, 2.05) is 6.07 Å². The molecule has 0 unspecified atom stereocenters. The third-order valence-electron chi connectivity index (χ3n) is 3.03. The van der Waals surface area contributed by atoms with E-state index < -0.39 is 0 Å². The number of benzene rings is 1. The van der Waals surface area contributed by atoms with Gasteiger partial charge in [-0.1, -0.05) is 12.1 Å². The molecule has 1 rings (SSSR count). The Labute approximate surface area is 119 Å². The van der Waals surface area contributed by atoms with Crippen LogP contribution in [0.3, 0.4) is 0 Å². The molecular weight excluding hydrogens is 258 g/mol. The predicted molar refractivity (Wildman–Crippen MR) is 78.2 cm³/mol. The lowest BCUT2D eigenvalue weighted by Crippen LogP contribution is -2.27. The fraction of sp³-hybridized carbons (Fsp3) is 0.500. The highest BCUT2D eigenvalue weighted by atomic mass is 16.5. The van der Waals surface area contributed by atoms with E-state index >= 15 is 0 Å². The van der Waals surface area contributed by atoms with Crippen molar-refractivity contribution in [3.8, 4) is 5.75 Å². The molecule has 0 aliphatic heterocycles. The first-order chi connectivity index (χ1) is 9.65. The summed E-state index contributed by atoms with van der Waals surface area (Å²) < 4.78 is 5.34. The second-order valence-electron chi connectivity index (χ2n) is 4.51. The van der Waals surface area contributed by atoms with Crippen LogP contribution in [0, 0.1) is 0 Å². The van der Waals surface area contributed by atoms with Gasteiger partial charge in [0.15, 0.2) is 5.84 Å². The summed E-state index contributed by atoms with van der Waals surface area (Å²) in [5, 5.41) is 20.9. The zero-order valence-corrected chi connectivity index (χ0v) is 12.0. The van der Waals surface area contributed by atoms with Crippen LogP contribution in [-0.4, -0.2) is 47.9 Å². The van der Waals surface area contributed by atoms with Crippen molar-refractivity contribution in [2.75, 3.05) is 26.8 Å². The lowest BCUT2D eigenvalue weighted by atomic mass is 10.1. The summed E-state index contributed by atoms with van der Waals surface area (Å²) in [6.45, 7) is 4.34. The Morgan fingerprint density at radius 3 is 2.70 bits per heavy atom. The first-order valence-electron chi connectivity index (χ1n) is 6.64. The molecule has 0 fully saturated rings. The van der Waals surface area contributed by atoms with Gasteiger partial charge in [0.1, 0.15) is 5.75 Å². The van der Waals surface area contributed by atoms with Gasteiger partial charge in [-0.3, -0.25) is 4.90 Å². The van der Waals surface area contributed by atoms with Crippen LogP contribution in [0.15, 0.2) is 23.4 Å². The predicted octanol–water partition coefficient (Wildman–Crippen LogP) is 0.994. The first-order valence-corrected chi connectivity index (χ1v) is 6.64. The number of amidine groups is 1. The Bertz CT molecular complexity index is 443. The van der Waals surface area contributed by atoms with Crippen LogP contribution in [0.5, 0.6) is 5.75 Å². The molecule has 0 amide bonds. The molecular formula is C14H23N3O3. The summed E-state index contributed by atoms with van der Waals surface area (Å²) >= 11 is 0. The highest BCUT2D eigenvalue weighted by Crippen LogP contribution is 2.21. The van der Waals surface area contributed by atoms with Gasteiger partial charge in [0, 0.05) is 24.2 Å². The molecule has 0 aliphatic carbocycles. The summed E-state index contributed by atoms with van der Waals surface area (Å²) in [4.78, 5) is 2.13. The molecule has 0 aromatic heterocycles. The highest BCUT2D eigenvalue weighted by molar-refractivity contribution is 5.97. The van der Waals surface area contributed by atoms with Crippen molar-refractivity contribution in [2.24, 2.45) is 10.9 Å². The number of nitrogens with zero attached hydrogens (tertiary/aromatic N) is 2. The van der Waals surface area contributed by atoms with Crippen molar-refractivity contribution in [1.29, 1.82) is 0 Å². The molecule has 0 radical (unpaired) electrons. The molecule has 0 saturated heterocycles. The number of ether oxygens (including phenoxy) is 1. The lowest BCUT2D eigenvalue weighted by molar-refractivity contribution is 0.189. The molecule has 112 valence electrons. The van der Waals surface area contributed by atoms with Crippen LogP contribution in [0.2, 0.25) is 0 Å². The zero-order valence-electron chi connectivity index (χ0n) is 12.0. The maximum Gasteiger partial charge on any atom is 0.170 e. The Morgan fingerprint density at radius 1 is 1.40 bits per heavy atom. The smallest absolute Gasteiger partial charge is 0.170 e. The standard InChI is InChI=1S/C14H23N3O3/c1-3-6-17(7-8-18)10-12-9-11(14(15)16-19)4-5-13(12)20-2/h4-5,9,18-19H,3,6-8,10H2,1-2H3,(H2,15,16). The van der Waals surface area contributed by atoms with E-state index in [4.69, 9.17) is 20.8 Å². The maximum absolute atomic E-state index is 9.10. The van der Waals surface area contributed by atoms with Crippen LogP contribution in [0.25, 0.3) is 0 Å². The van der Waals surface area contributed by atoms with Crippen molar-refractivity contribution >= 4 is 5.84 Å². The summed E-state index contributed by atoms with van der Waals surface area (Å²) in [7, 11) is 1.61. The molecule has 20 heavy (non-hydrogen) atoms. The molecule has 0 heterocycles. The normalized spacial score (nSPS) is 11.9. The van der Waals surface area contributed by atoms with Gasteiger partial charge in [-0.05, 0) is 31.2 Å². The summed E-state index contributed by atoms with van der Waals surface area (Å²) in [6, 6.07) is 5.38. The Kier molecular flexibility index (Phi) is 6.83. The van der Waals surface area contributed by atoms with Crippen LogP contribution in [0.1, 0.15) is 24.5 Å². The van der Waals surface area contributed by atoms with Gasteiger partial charge in [-0.15, -0.1) is 0 Å². The molecule has 1 aromatic carbocycles. The van der Waals surface area contributed by atoms with Gasteiger partial charge >= 0.3 is 0 Å². The van der Waals surface area contributed by atoms with Gasteiger partial charge in [0.25, 0.3) is 0 Å². The number of hydrogen-bond donors (Lipinski definition) is 3. The van der Waals surface area contributed by atoms with Crippen LogP contribution in [0.4, 0.5) is 0 Å². The van der Waals surface area contributed by atoms with Gasteiger partial charge < -0.3 is 20.8 Å². The Hall–Kier alpha value is -1.79. The van der Waals surface area contributed by atoms with Crippen molar-refractivity contribution in [1.82, 2.24) is 4.90 Å². The van der Waals surface area contributed by atoms with E-state index in [-0.39, 0.29) is 12.4 Å². The third kappa shape index (κ3) is 4.40. The van der Waals surface area contributed by atoms with E-state index in [1.165, 1.54) is 0 Å². The van der Waals surface area contributed by atoms with Crippen LogP contribution >= 0.6 is 0 Å². The lowest BCUT2D eigenvalue weighted by Gasteiger charge is -2.22. The highest BCUT2D eigenvalue weighted by Gasteiger charge is 2.11. The number of aliphatic hydroxyl groups is 1. The van der Waals surface area contributed by atoms with Crippen LogP contribution < -0.4 is 10.5 Å². The quantitative estimate of drug-likeness (QED) is 0.286. The van der Waals surface area contributed by atoms with Crippen molar-refractivity contribution in [3.63, 3.8) is 0 Å². The number of aliphatic hydroxyl groups excluding tert-OH is 1. The third-order valence-corrected chi connectivity index (χ3v) is 3.03. The molecule has 6 heteroatoms. The average molecular weight is 281 g/mol. The Morgan fingerprint density at radius 2 is 2.15 bits per heavy atom. The van der Waals surface area contributed by atoms with Gasteiger partial charge in [0.2, 0.25) is 0 Å². The average Bonchev–Trinajstić information content (AvgIpc) is 2.47. The molecule has 1 aromatic rings. The summed E-state index contributed by atoms with van der Waals surface area (Å²) in [6.07, 6.45) is 1.00. The van der Waals surface area contributed by atoms with Crippen molar-refractivity contribution in [3.05, 3.63) is 29.3 Å². The Balaban J connectivity index is 3.00. The van der Waals surface area contributed by atoms with E-state index in [0.717, 1.165) is 24.3 Å². The topological polar surface area (TPSA) is 91.3 Å². The minimum absolute atomic E-state index is 0.0677. The maximum atomic E-state index is 9.10. The SMILES string of the molecule is CCCN(CCO)Cc1cc(/C(N)=N/O)ccc1OC. The van der Waals surface area contributed by atoms with Crippen LogP contribution in [-0.2, 0) is 6.54 Å². The van der Waals surface area contributed by atoms with E-state index in [0.29, 0.717) is 18.7 Å². The molecule has 4 N–H and O–H groups in total. The van der Waals surface area contributed by atoms with E-state index in [1.54, 1.807) is 19.2 Å². The fourth-order valence-electron chi connectivity index (χ4n) is 2.09. The van der Waals surface area contributed by atoms with Crippen molar-refractivity contribution in [2.45, 2.75) is 19.9 Å². The molecule has 0 aliphatic rings. The number of rotatable bonds is 8. The number of hydrogen-bond acceptors (Lipinski definition) is 5. The minimum atomic E-state index is 0.0677. The fourth-order valence-corrected chi connectivity index (χ4v) is 2.09. The molecule has 6 nitrogen and oxygen atoms in total. The van der Waals surface area contributed by atoms with Crippen molar-refractivity contribution < 1.29 is 15.1 Å². The number of nitrogens with two attached hydrogens (primary N) is 1. The summed E-state index contributed by atoms with van der Waals surface area (Å²) in [5.41, 5.74) is 7.19. The molecule has 0 atom stereocenters. The second kappa shape index (κ2) is 8.39. The van der Waals surface area contributed by atoms with Gasteiger partial charge in [0.05, 0.1) is 13.7 Å². The molecule has 0 saturated carbocycles. The molecule has 0 spiro atoms. The minimum Gasteiger partial charge on any atom is -0.496 e. The summed E-state index contributed by atoms with van der Waals surface area (Å²) in [5.74, 6) is 0.816. The molecule has 0 bridgehead atoms. The number of methoxy groups -OCH3 is 1. The number of oxime groups is 1. The van der Waals surface area contributed by atoms with Gasteiger partial charge in [-0.2, -0.15) is 0 Å². The van der Waals surface area contributed by atoms with E-state index in [2.05, 4.69) is 17.0 Å². The first kappa shape index (κ1) is 16.3. The monoisotopic (exact) mass is 281 g/mol. The van der Waals surface area contributed by atoms with E-state index in [9.17, 15) is 0 Å². The second-order valence-corrected chi connectivity index (χ2v) is 4.51. The largest absolute Gasteiger partial charge is 0.496 e.